The molecule has 0 fully saturated rings. The maximum absolute atomic E-state index is 11.8. The van der Waals surface area contributed by atoms with Crippen LogP contribution in [0.15, 0.2) is 30.3 Å². The average molecular weight is 264 g/mol. The van der Waals surface area contributed by atoms with E-state index in [-0.39, 0.29) is 6.10 Å². The van der Waals surface area contributed by atoms with E-state index in [4.69, 9.17) is 9.78 Å². The van der Waals surface area contributed by atoms with Crippen molar-refractivity contribution >= 4 is 5.97 Å². The third-order valence-corrected chi connectivity index (χ3v) is 2.88. The van der Waals surface area contributed by atoms with Gasteiger partial charge in [-0.25, -0.2) is 4.79 Å². The Hall–Kier alpha value is -1.35. The Labute approximate surface area is 115 Å². The van der Waals surface area contributed by atoms with Gasteiger partial charge >= 0.3 is 5.97 Å². The van der Waals surface area contributed by atoms with Crippen LogP contribution in [0, 0.1) is 5.92 Å². The van der Waals surface area contributed by atoms with Crippen LogP contribution in [0.3, 0.4) is 0 Å². The molecule has 1 rings (SSSR count). The first-order valence-corrected chi connectivity index (χ1v) is 7.06. The molecule has 3 heteroatoms. The van der Waals surface area contributed by atoms with Crippen molar-refractivity contribution < 1.29 is 14.6 Å². The molecule has 1 aromatic rings. The molecule has 106 valence electrons. The van der Waals surface area contributed by atoms with Crippen molar-refractivity contribution in [1.29, 1.82) is 0 Å². The van der Waals surface area contributed by atoms with E-state index in [0.717, 1.165) is 25.7 Å². The molecule has 0 aliphatic carbocycles. The summed E-state index contributed by atoms with van der Waals surface area (Å²) >= 11 is 0. The molecule has 0 saturated heterocycles. The van der Waals surface area contributed by atoms with E-state index in [1.807, 2.05) is 6.07 Å². The van der Waals surface area contributed by atoms with Crippen LogP contribution in [0.2, 0.25) is 0 Å². The summed E-state index contributed by atoms with van der Waals surface area (Å²) in [6, 6.07) is 8.91. The Bertz CT molecular complexity index is 360. The molecule has 0 spiro atoms. The summed E-state index contributed by atoms with van der Waals surface area (Å²) in [6.45, 7) is 6.42. The number of hydrogen-bond acceptors (Lipinski definition) is 3. The first-order valence-electron chi connectivity index (χ1n) is 7.06. The number of benzene rings is 1. The lowest BCUT2D eigenvalue weighted by Crippen LogP contribution is -2.18. The summed E-state index contributed by atoms with van der Waals surface area (Å²) in [5.41, 5.74) is 0.515. The Morgan fingerprint density at radius 1 is 1.21 bits per heavy atom. The monoisotopic (exact) mass is 264 g/mol. The number of hydrogen-bond donors (Lipinski definition) is 0. The van der Waals surface area contributed by atoms with Crippen LogP contribution < -0.4 is 0 Å². The van der Waals surface area contributed by atoms with E-state index in [9.17, 15) is 4.79 Å². The van der Waals surface area contributed by atoms with Crippen molar-refractivity contribution in [3.8, 4) is 0 Å². The molecular weight excluding hydrogens is 240 g/mol. The predicted octanol–water partition coefficient (Wildman–Crippen LogP) is 4.38. The van der Waals surface area contributed by atoms with Crippen molar-refractivity contribution in [2.75, 3.05) is 0 Å². The Morgan fingerprint density at radius 2 is 1.89 bits per heavy atom. The Kier molecular flexibility index (Phi) is 7.19. The minimum atomic E-state index is -0.425. The van der Waals surface area contributed by atoms with Gasteiger partial charge in [0.2, 0.25) is 0 Å². The van der Waals surface area contributed by atoms with Gasteiger partial charge in [0.05, 0.1) is 5.56 Å². The topological polar surface area (TPSA) is 35.5 Å². The molecule has 19 heavy (non-hydrogen) atoms. The van der Waals surface area contributed by atoms with E-state index in [1.165, 1.54) is 0 Å². The zero-order valence-corrected chi connectivity index (χ0v) is 12.1. The molecule has 0 amide bonds. The third-order valence-electron chi connectivity index (χ3n) is 2.88. The van der Waals surface area contributed by atoms with Gasteiger partial charge in [-0.2, -0.15) is 4.89 Å². The van der Waals surface area contributed by atoms with Crippen LogP contribution in [0.4, 0.5) is 0 Å². The molecule has 0 aliphatic heterocycles. The highest BCUT2D eigenvalue weighted by Gasteiger charge is 2.15. The van der Waals surface area contributed by atoms with E-state index >= 15 is 0 Å². The largest absolute Gasteiger partial charge is 0.373 e. The molecule has 3 nitrogen and oxygen atoms in total. The summed E-state index contributed by atoms with van der Waals surface area (Å²) in [4.78, 5) is 22.0. The first-order chi connectivity index (χ1) is 9.13. The highest BCUT2D eigenvalue weighted by atomic mass is 17.2. The summed E-state index contributed by atoms with van der Waals surface area (Å²) in [5, 5.41) is 0. The highest BCUT2D eigenvalue weighted by molar-refractivity contribution is 5.88. The van der Waals surface area contributed by atoms with Crippen LogP contribution in [-0.2, 0) is 9.78 Å². The zero-order valence-electron chi connectivity index (χ0n) is 12.1. The molecule has 0 saturated carbocycles. The summed E-state index contributed by atoms with van der Waals surface area (Å²) in [6.07, 6.45) is 4.02. The molecule has 0 bridgehead atoms. The van der Waals surface area contributed by atoms with Gasteiger partial charge in [0.15, 0.2) is 0 Å². The van der Waals surface area contributed by atoms with Gasteiger partial charge in [-0.05, 0) is 30.9 Å². The van der Waals surface area contributed by atoms with E-state index in [1.54, 1.807) is 24.3 Å². The van der Waals surface area contributed by atoms with Crippen molar-refractivity contribution in [1.82, 2.24) is 0 Å². The van der Waals surface area contributed by atoms with E-state index in [0.29, 0.717) is 11.5 Å². The normalized spacial score (nSPS) is 12.4. The third kappa shape index (κ3) is 6.39. The van der Waals surface area contributed by atoms with Crippen LogP contribution in [0.1, 0.15) is 56.8 Å². The lowest BCUT2D eigenvalue weighted by atomic mass is 10.0. The van der Waals surface area contributed by atoms with Crippen LogP contribution >= 0.6 is 0 Å². The van der Waals surface area contributed by atoms with Gasteiger partial charge in [0.1, 0.15) is 6.10 Å². The fraction of sp³-hybridized carbons (Fsp3) is 0.562. The van der Waals surface area contributed by atoms with Gasteiger partial charge in [-0.1, -0.05) is 51.8 Å². The SMILES string of the molecule is CCCCC(CC(C)C)OOC(=O)c1ccccc1. The van der Waals surface area contributed by atoms with Crippen LogP contribution in [-0.4, -0.2) is 12.1 Å². The molecular formula is C16H24O3. The Balaban J connectivity index is 2.44. The highest BCUT2D eigenvalue weighted by Crippen LogP contribution is 2.15. The minimum Gasteiger partial charge on any atom is -0.293 e. The van der Waals surface area contributed by atoms with E-state index in [2.05, 4.69) is 20.8 Å². The average Bonchev–Trinajstić information content (AvgIpc) is 2.42. The molecule has 0 radical (unpaired) electrons. The second-order valence-corrected chi connectivity index (χ2v) is 5.23. The molecule has 0 N–H and O–H groups in total. The van der Waals surface area contributed by atoms with Gasteiger partial charge < -0.3 is 0 Å². The summed E-state index contributed by atoms with van der Waals surface area (Å²) in [5.74, 6) is 0.100. The molecule has 1 atom stereocenters. The standard InChI is InChI=1S/C16H24O3/c1-4-5-11-15(12-13(2)3)18-19-16(17)14-9-7-6-8-10-14/h6-10,13,15H,4-5,11-12H2,1-3H3. The smallest absolute Gasteiger partial charge is 0.293 e. The fourth-order valence-electron chi connectivity index (χ4n) is 1.90. The second kappa shape index (κ2) is 8.70. The summed E-state index contributed by atoms with van der Waals surface area (Å²) in [7, 11) is 0. The van der Waals surface area contributed by atoms with Crippen molar-refractivity contribution in [3.05, 3.63) is 35.9 Å². The van der Waals surface area contributed by atoms with Crippen molar-refractivity contribution in [2.24, 2.45) is 5.92 Å². The van der Waals surface area contributed by atoms with Gasteiger partial charge in [-0.3, -0.25) is 4.89 Å². The van der Waals surface area contributed by atoms with Gasteiger partial charge in [-0.15, -0.1) is 0 Å². The van der Waals surface area contributed by atoms with Crippen molar-refractivity contribution in [3.63, 3.8) is 0 Å². The maximum Gasteiger partial charge on any atom is 0.373 e. The first kappa shape index (κ1) is 15.7. The second-order valence-electron chi connectivity index (χ2n) is 5.23. The zero-order chi connectivity index (χ0) is 14.1. The molecule has 1 aromatic carbocycles. The van der Waals surface area contributed by atoms with Gasteiger partial charge in [0.25, 0.3) is 0 Å². The lowest BCUT2D eigenvalue weighted by Gasteiger charge is -2.17. The predicted molar refractivity (Wildman–Crippen MR) is 75.7 cm³/mol. The number of unbranched alkanes of at least 4 members (excludes halogenated alkanes) is 1. The molecule has 0 aliphatic rings. The minimum absolute atomic E-state index is 0.00684. The van der Waals surface area contributed by atoms with Crippen LogP contribution in [0.5, 0.6) is 0 Å². The molecule has 1 unspecified atom stereocenters. The van der Waals surface area contributed by atoms with E-state index < -0.39 is 5.97 Å². The number of rotatable bonds is 8. The quantitative estimate of drug-likeness (QED) is 0.516. The maximum atomic E-state index is 11.8. The number of carbonyl (C=O) groups is 1. The van der Waals surface area contributed by atoms with Crippen molar-refractivity contribution in [2.45, 2.75) is 52.6 Å². The Morgan fingerprint density at radius 3 is 2.47 bits per heavy atom. The molecule has 0 aromatic heterocycles. The molecule has 0 heterocycles. The van der Waals surface area contributed by atoms with Crippen LogP contribution in [0.25, 0.3) is 0 Å². The van der Waals surface area contributed by atoms with Gasteiger partial charge in [0, 0.05) is 0 Å². The number of carbonyl (C=O) groups excluding carboxylic acids is 1. The lowest BCUT2D eigenvalue weighted by molar-refractivity contribution is -0.278. The summed E-state index contributed by atoms with van der Waals surface area (Å²) < 4.78 is 0. The fourth-order valence-corrected chi connectivity index (χ4v) is 1.90.